The van der Waals surface area contributed by atoms with E-state index in [2.05, 4.69) is 0 Å². The Morgan fingerprint density at radius 1 is 1.07 bits per heavy atom. The molecule has 0 bridgehead atoms. The molecular weight excluding hydrogens is 371 g/mol. The highest BCUT2D eigenvalue weighted by Gasteiger charge is 2.30. The molecule has 27 heavy (non-hydrogen) atoms. The van der Waals surface area contributed by atoms with Crippen molar-refractivity contribution in [3.63, 3.8) is 0 Å². The van der Waals surface area contributed by atoms with Crippen LogP contribution in [0.2, 0.25) is 0 Å². The molecule has 0 unspecified atom stereocenters. The van der Waals surface area contributed by atoms with Gasteiger partial charge in [0.15, 0.2) is 0 Å². The molecule has 2 aromatic rings. The largest absolute Gasteiger partial charge is 0.497 e. The molecule has 1 saturated heterocycles. The lowest BCUT2D eigenvalue weighted by molar-refractivity contribution is 0.0693. The molecule has 1 amide bonds. The van der Waals surface area contributed by atoms with Crippen LogP contribution in [0.25, 0.3) is 0 Å². The van der Waals surface area contributed by atoms with E-state index in [0.29, 0.717) is 5.75 Å². The van der Waals surface area contributed by atoms with Crippen LogP contribution in [0.3, 0.4) is 0 Å². The first-order chi connectivity index (χ1) is 12.9. The van der Waals surface area contributed by atoms with Crippen LogP contribution in [0.5, 0.6) is 5.75 Å². The summed E-state index contributed by atoms with van der Waals surface area (Å²) in [4.78, 5) is 14.0. The van der Waals surface area contributed by atoms with Crippen molar-refractivity contribution in [3.8, 4) is 5.75 Å². The van der Waals surface area contributed by atoms with Crippen molar-refractivity contribution in [3.05, 3.63) is 65.5 Å². The number of hydrogen-bond acceptors (Lipinski definition) is 4. The maximum atomic E-state index is 14.1. The Morgan fingerprint density at radius 3 is 2.33 bits per heavy atom. The number of nitrogens with zero attached hydrogens (tertiary/aromatic N) is 2. The number of carbonyl (C=O) groups excluding carboxylic acids is 1. The molecule has 1 heterocycles. The second-order valence-electron chi connectivity index (χ2n) is 6.28. The fourth-order valence-electron chi connectivity index (χ4n) is 3.01. The smallest absolute Gasteiger partial charge is 0.256 e. The molecule has 1 aliphatic heterocycles. The van der Waals surface area contributed by atoms with Crippen LogP contribution in [0.1, 0.15) is 15.9 Å². The summed E-state index contributed by atoms with van der Waals surface area (Å²) in [5.41, 5.74) is 0.674. The third-order valence-corrected chi connectivity index (χ3v) is 6.37. The summed E-state index contributed by atoms with van der Waals surface area (Å²) >= 11 is 0. The first-order valence-corrected chi connectivity index (χ1v) is 10.2. The highest BCUT2D eigenvalue weighted by Crippen LogP contribution is 2.20. The van der Waals surface area contributed by atoms with Gasteiger partial charge in [-0.15, -0.1) is 0 Å². The van der Waals surface area contributed by atoms with Gasteiger partial charge in [-0.25, -0.2) is 12.8 Å². The summed E-state index contributed by atoms with van der Waals surface area (Å²) < 4.78 is 45.6. The van der Waals surface area contributed by atoms with Gasteiger partial charge >= 0.3 is 0 Å². The van der Waals surface area contributed by atoms with Gasteiger partial charge < -0.3 is 9.64 Å². The lowest BCUT2D eigenvalue weighted by Crippen LogP contribution is -2.50. The fraction of sp³-hybridized carbons (Fsp3) is 0.316. The summed E-state index contributed by atoms with van der Waals surface area (Å²) in [6, 6.07) is 13.0. The summed E-state index contributed by atoms with van der Waals surface area (Å²) in [7, 11) is -2.04. The zero-order valence-corrected chi connectivity index (χ0v) is 15.8. The van der Waals surface area contributed by atoms with Crippen LogP contribution in [0, 0.1) is 5.82 Å². The number of benzene rings is 2. The summed E-state index contributed by atoms with van der Waals surface area (Å²) in [6.07, 6.45) is 0. The van der Waals surface area contributed by atoms with Gasteiger partial charge in [-0.3, -0.25) is 4.79 Å². The van der Waals surface area contributed by atoms with Gasteiger partial charge in [-0.1, -0.05) is 30.3 Å². The van der Waals surface area contributed by atoms with Gasteiger partial charge in [0, 0.05) is 32.2 Å². The number of ether oxygens (including phenoxy) is 1. The summed E-state index contributed by atoms with van der Waals surface area (Å²) in [5.74, 6) is -0.843. The van der Waals surface area contributed by atoms with E-state index in [9.17, 15) is 17.6 Å². The van der Waals surface area contributed by atoms with E-state index in [1.54, 1.807) is 24.3 Å². The molecule has 0 saturated carbocycles. The highest BCUT2D eigenvalue weighted by atomic mass is 32.2. The average molecular weight is 392 g/mol. The average Bonchev–Trinajstić information content (AvgIpc) is 2.68. The van der Waals surface area contributed by atoms with Crippen molar-refractivity contribution >= 4 is 15.9 Å². The van der Waals surface area contributed by atoms with Crippen molar-refractivity contribution in [2.24, 2.45) is 0 Å². The van der Waals surface area contributed by atoms with Crippen LogP contribution in [-0.2, 0) is 15.8 Å². The van der Waals surface area contributed by atoms with Crippen LogP contribution in [-0.4, -0.2) is 56.8 Å². The summed E-state index contributed by atoms with van der Waals surface area (Å²) in [5, 5.41) is 0. The van der Waals surface area contributed by atoms with Gasteiger partial charge in [0.25, 0.3) is 5.91 Å². The second kappa shape index (κ2) is 8.06. The van der Waals surface area contributed by atoms with Crippen LogP contribution in [0.4, 0.5) is 4.39 Å². The van der Waals surface area contributed by atoms with Crippen LogP contribution in [0.15, 0.2) is 48.5 Å². The quantitative estimate of drug-likeness (QED) is 0.782. The lowest BCUT2D eigenvalue weighted by atomic mass is 10.1. The van der Waals surface area contributed by atoms with Gasteiger partial charge in [0.1, 0.15) is 11.6 Å². The van der Waals surface area contributed by atoms with Crippen LogP contribution >= 0.6 is 0 Å². The monoisotopic (exact) mass is 392 g/mol. The normalized spacial score (nSPS) is 15.6. The Bertz CT molecular complexity index is 911. The third-order valence-electron chi connectivity index (χ3n) is 4.52. The lowest BCUT2D eigenvalue weighted by Gasteiger charge is -2.34. The van der Waals surface area contributed by atoms with Gasteiger partial charge in [-0.05, 0) is 17.7 Å². The molecular formula is C19H21FN2O4S. The third kappa shape index (κ3) is 4.45. The van der Waals surface area contributed by atoms with E-state index in [1.165, 1.54) is 28.4 Å². The second-order valence-corrected chi connectivity index (χ2v) is 8.25. The zero-order valence-electron chi connectivity index (χ0n) is 15.0. The Balaban J connectivity index is 1.64. The number of rotatable bonds is 5. The first kappa shape index (κ1) is 19.3. The molecule has 0 aliphatic carbocycles. The van der Waals surface area contributed by atoms with Gasteiger partial charge in [-0.2, -0.15) is 4.31 Å². The molecule has 0 radical (unpaired) electrons. The molecule has 0 aromatic heterocycles. The number of piperazine rings is 1. The SMILES string of the molecule is COc1ccc(C(=O)N2CCN(S(=O)(=O)Cc3ccccc3)CC2)c(F)c1. The number of carbonyl (C=O) groups is 1. The Kier molecular flexibility index (Phi) is 5.76. The highest BCUT2D eigenvalue weighted by molar-refractivity contribution is 7.88. The van der Waals surface area contributed by atoms with Gasteiger partial charge in [0.05, 0.1) is 18.4 Å². The minimum Gasteiger partial charge on any atom is -0.497 e. The van der Waals surface area contributed by atoms with Crippen molar-refractivity contribution < 1.29 is 22.3 Å². The van der Waals surface area contributed by atoms with Crippen molar-refractivity contribution in [1.29, 1.82) is 0 Å². The van der Waals surface area contributed by atoms with E-state index in [1.807, 2.05) is 6.07 Å². The van der Waals surface area contributed by atoms with Crippen molar-refractivity contribution in [2.75, 3.05) is 33.3 Å². The van der Waals surface area contributed by atoms with E-state index in [0.717, 1.165) is 11.6 Å². The molecule has 2 aromatic carbocycles. The molecule has 8 heteroatoms. The number of amides is 1. The maximum Gasteiger partial charge on any atom is 0.256 e. The van der Waals surface area contributed by atoms with E-state index < -0.39 is 21.7 Å². The predicted octanol–water partition coefficient (Wildman–Crippen LogP) is 2.12. The number of methoxy groups -OCH3 is 1. The predicted molar refractivity (Wildman–Crippen MR) is 99.5 cm³/mol. The van der Waals surface area contributed by atoms with E-state index in [4.69, 9.17) is 4.74 Å². The van der Waals surface area contributed by atoms with E-state index >= 15 is 0 Å². The number of halogens is 1. The molecule has 1 aliphatic rings. The Labute approximate surface area is 158 Å². The molecule has 6 nitrogen and oxygen atoms in total. The topological polar surface area (TPSA) is 66.9 Å². The number of sulfonamides is 1. The minimum absolute atomic E-state index is 0.0450. The zero-order chi connectivity index (χ0) is 19.4. The fourth-order valence-corrected chi connectivity index (χ4v) is 4.53. The molecule has 0 atom stereocenters. The van der Waals surface area contributed by atoms with Crippen molar-refractivity contribution in [2.45, 2.75) is 5.75 Å². The molecule has 144 valence electrons. The summed E-state index contributed by atoms with van der Waals surface area (Å²) in [6.45, 7) is 0.827. The molecule has 3 rings (SSSR count). The van der Waals surface area contributed by atoms with Crippen molar-refractivity contribution in [1.82, 2.24) is 9.21 Å². The Hall–Kier alpha value is -2.45. The molecule has 1 fully saturated rings. The van der Waals surface area contributed by atoms with E-state index in [-0.39, 0.29) is 37.5 Å². The first-order valence-electron chi connectivity index (χ1n) is 8.55. The standard InChI is InChI=1S/C19H21FN2O4S/c1-26-16-7-8-17(18(20)13-16)19(23)21-9-11-22(12-10-21)27(24,25)14-15-5-3-2-4-6-15/h2-8,13H,9-12,14H2,1H3. The maximum absolute atomic E-state index is 14.1. The molecule has 0 spiro atoms. The Morgan fingerprint density at radius 2 is 1.74 bits per heavy atom. The van der Waals surface area contributed by atoms with Crippen LogP contribution < -0.4 is 4.74 Å². The van der Waals surface area contributed by atoms with Gasteiger partial charge in [0.2, 0.25) is 10.0 Å². The minimum atomic E-state index is -3.46. The molecule has 0 N–H and O–H groups in total. The number of hydrogen-bond donors (Lipinski definition) is 0.